The fourth-order valence-corrected chi connectivity index (χ4v) is 5.27. The molecule has 3 aliphatic rings. The summed E-state index contributed by atoms with van der Waals surface area (Å²) >= 11 is 1.76. The van der Waals surface area contributed by atoms with Gasteiger partial charge in [-0.05, 0) is 18.2 Å². The van der Waals surface area contributed by atoms with Crippen molar-refractivity contribution in [1.29, 1.82) is 0 Å². The van der Waals surface area contributed by atoms with Gasteiger partial charge in [-0.2, -0.15) is 0 Å². The molecule has 2 aromatic carbocycles. The van der Waals surface area contributed by atoms with Crippen molar-refractivity contribution in [2.75, 3.05) is 11.4 Å². The molecule has 0 amide bonds. The summed E-state index contributed by atoms with van der Waals surface area (Å²) in [5.41, 5.74) is 5.85. The highest BCUT2D eigenvalue weighted by Crippen LogP contribution is 2.53. The first-order chi connectivity index (χ1) is 13.4. The molecule has 3 aromatic rings. The Morgan fingerprint density at radius 3 is 2.78 bits per heavy atom. The number of ether oxygens (including phenoxy) is 1. The predicted octanol–water partition coefficient (Wildman–Crippen LogP) is 5.21. The number of allylic oxidation sites excluding steroid dienone is 1. The summed E-state index contributed by atoms with van der Waals surface area (Å²) in [5, 5.41) is 1.12. The first-order valence-corrected chi connectivity index (χ1v) is 9.97. The molecular weight excluding hydrogens is 354 g/mol. The summed E-state index contributed by atoms with van der Waals surface area (Å²) in [6, 6.07) is 17.0. The molecule has 2 unspecified atom stereocenters. The Morgan fingerprint density at radius 2 is 1.89 bits per heavy atom. The van der Waals surface area contributed by atoms with Gasteiger partial charge in [-0.3, -0.25) is 4.99 Å². The Labute approximate surface area is 161 Å². The maximum absolute atomic E-state index is 6.34. The number of para-hydroxylation sites is 2. The van der Waals surface area contributed by atoms with Gasteiger partial charge in [0.25, 0.3) is 0 Å². The molecule has 0 saturated heterocycles. The summed E-state index contributed by atoms with van der Waals surface area (Å²) < 4.78 is 6.34. The van der Waals surface area contributed by atoms with Crippen LogP contribution in [0.5, 0.6) is 0 Å². The lowest BCUT2D eigenvalue weighted by molar-refractivity contribution is 0.0362. The molecule has 0 N–H and O–H groups in total. The zero-order valence-electron chi connectivity index (χ0n) is 14.6. The molecule has 0 saturated carbocycles. The quantitative estimate of drug-likeness (QED) is 0.589. The molecule has 0 radical (unpaired) electrons. The maximum atomic E-state index is 6.34. The first-order valence-electron chi connectivity index (χ1n) is 9.15. The van der Waals surface area contributed by atoms with Crippen LogP contribution in [0.2, 0.25) is 0 Å². The average Bonchev–Trinajstić information content (AvgIpc) is 3.20. The van der Waals surface area contributed by atoms with Crippen LogP contribution < -0.4 is 4.90 Å². The Morgan fingerprint density at radius 1 is 1.04 bits per heavy atom. The van der Waals surface area contributed by atoms with Crippen LogP contribution in [0, 0.1) is 0 Å². The van der Waals surface area contributed by atoms with Crippen LogP contribution in [0.4, 0.5) is 11.4 Å². The lowest BCUT2D eigenvalue weighted by atomic mass is 9.99. The fourth-order valence-electron chi connectivity index (χ4n) is 4.08. The molecule has 0 spiro atoms. The molecule has 2 atom stereocenters. The number of thiazole rings is 1. The van der Waals surface area contributed by atoms with Crippen molar-refractivity contribution in [2.45, 2.75) is 18.8 Å². The highest BCUT2D eigenvalue weighted by Gasteiger charge is 2.39. The van der Waals surface area contributed by atoms with Crippen LogP contribution in [-0.4, -0.2) is 17.7 Å². The number of hydrogen-bond donors (Lipinski definition) is 0. The zero-order chi connectivity index (χ0) is 17.8. The van der Waals surface area contributed by atoms with Gasteiger partial charge in [0, 0.05) is 28.9 Å². The van der Waals surface area contributed by atoms with Crippen molar-refractivity contribution >= 4 is 28.9 Å². The van der Waals surface area contributed by atoms with Gasteiger partial charge in [0.15, 0.2) is 6.23 Å². The number of aromatic nitrogens is 1. The van der Waals surface area contributed by atoms with E-state index in [4.69, 9.17) is 9.72 Å². The molecule has 1 aromatic heterocycles. The van der Waals surface area contributed by atoms with E-state index in [1.165, 1.54) is 21.7 Å². The monoisotopic (exact) mass is 371 g/mol. The van der Waals surface area contributed by atoms with Gasteiger partial charge < -0.3 is 9.64 Å². The fraction of sp³-hybridized carbons (Fsp3) is 0.182. The zero-order valence-corrected chi connectivity index (χ0v) is 15.4. The van der Waals surface area contributed by atoms with E-state index in [0.29, 0.717) is 6.61 Å². The molecule has 27 heavy (non-hydrogen) atoms. The Hall–Kier alpha value is -2.76. The lowest BCUT2D eigenvalue weighted by Crippen LogP contribution is -2.33. The van der Waals surface area contributed by atoms with Crippen LogP contribution >= 0.6 is 11.3 Å². The van der Waals surface area contributed by atoms with Crippen LogP contribution in [0.25, 0.3) is 11.3 Å². The van der Waals surface area contributed by atoms with Gasteiger partial charge in [0.2, 0.25) is 0 Å². The van der Waals surface area contributed by atoms with Crippen molar-refractivity contribution in [3.8, 4) is 11.3 Å². The van der Waals surface area contributed by atoms with E-state index >= 15 is 0 Å². The van der Waals surface area contributed by atoms with E-state index in [-0.39, 0.29) is 12.1 Å². The molecule has 0 aliphatic carbocycles. The number of fused-ring (bicyclic) bond motifs is 8. The van der Waals surface area contributed by atoms with Crippen LogP contribution in [-0.2, 0) is 11.3 Å². The molecule has 6 rings (SSSR count). The number of rotatable bonds is 1. The third-order valence-electron chi connectivity index (χ3n) is 5.35. The molecule has 0 bridgehead atoms. The molecule has 132 valence electrons. The molecule has 5 heteroatoms. The van der Waals surface area contributed by atoms with Crippen LogP contribution in [0.1, 0.15) is 27.6 Å². The summed E-state index contributed by atoms with van der Waals surface area (Å²) in [4.78, 5) is 13.0. The van der Waals surface area contributed by atoms with E-state index in [2.05, 4.69) is 64.5 Å². The van der Waals surface area contributed by atoms with Gasteiger partial charge in [0.1, 0.15) is 5.01 Å². The van der Waals surface area contributed by atoms with E-state index in [1.54, 1.807) is 11.3 Å². The van der Waals surface area contributed by atoms with Crippen molar-refractivity contribution in [1.82, 2.24) is 4.98 Å². The van der Waals surface area contributed by atoms with Crippen molar-refractivity contribution in [2.24, 2.45) is 4.99 Å². The summed E-state index contributed by atoms with van der Waals surface area (Å²) in [6.07, 6.45) is 5.95. The Bertz CT molecular complexity index is 1100. The van der Waals surface area contributed by atoms with Crippen molar-refractivity contribution in [3.63, 3.8) is 0 Å². The maximum Gasteiger partial charge on any atom is 0.172 e. The highest BCUT2D eigenvalue weighted by atomic mass is 32.1. The minimum Gasteiger partial charge on any atom is -0.348 e. The molecular formula is C22H17N3OS. The normalized spacial score (nSPS) is 22.0. The predicted molar refractivity (Wildman–Crippen MR) is 109 cm³/mol. The number of dihydropyridines is 1. The smallest absolute Gasteiger partial charge is 0.172 e. The summed E-state index contributed by atoms with van der Waals surface area (Å²) in [7, 11) is 0. The topological polar surface area (TPSA) is 37.7 Å². The van der Waals surface area contributed by atoms with Crippen LogP contribution in [0.3, 0.4) is 0 Å². The third kappa shape index (κ3) is 2.25. The Kier molecular flexibility index (Phi) is 3.33. The minimum atomic E-state index is -0.118. The molecule has 3 aliphatic heterocycles. The largest absolute Gasteiger partial charge is 0.348 e. The molecule has 4 nitrogen and oxygen atoms in total. The number of aliphatic imine (C=N–C) groups is 1. The summed E-state index contributed by atoms with van der Waals surface area (Å²) in [5.74, 6) is 0.252. The van der Waals surface area contributed by atoms with E-state index < -0.39 is 0 Å². The van der Waals surface area contributed by atoms with Gasteiger partial charge in [-0.15, -0.1) is 11.3 Å². The second-order valence-electron chi connectivity index (χ2n) is 6.95. The highest BCUT2D eigenvalue weighted by molar-refractivity contribution is 7.12. The number of hydrogen-bond acceptors (Lipinski definition) is 5. The van der Waals surface area contributed by atoms with Gasteiger partial charge in [-0.25, -0.2) is 4.98 Å². The number of anilines is 2. The number of benzene rings is 2. The van der Waals surface area contributed by atoms with Gasteiger partial charge >= 0.3 is 0 Å². The number of nitrogens with zero attached hydrogens (tertiary/aromatic N) is 3. The SMILES string of the molecule is C1=CC(c2nc3c(s2)C2OCc4ccccc4N2c2ccccc2-3)CN=C1. The second-order valence-corrected chi connectivity index (χ2v) is 8.01. The van der Waals surface area contributed by atoms with E-state index in [0.717, 1.165) is 22.9 Å². The molecule has 0 fully saturated rings. The van der Waals surface area contributed by atoms with E-state index in [1.807, 2.05) is 12.3 Å². The standard InChI is InChI=1S/C22H17N3OS/c1-3-9-17-15(6-1)13-26-22-20-19(16-8-2-4-10-18(16)25(17)22)24-21(27-20)14-7-5-11-23-12-14/h1-11,14,22H,12-13H2. The van der Waals surface area contributed by atoms with Crippen molar-refractivity contribution < 1.29 is 4.74 Å². The van der Waals surface area contributed by atoms with Gasteiger partial charge in [0.05, 0.1) is 29.4 Å². The Balaban J connectivity index is 1.55. The van der Waals surface area contributed by atoms with E-state index in [9.17, 15) is 0 Å². The minimum absolute atomic E-state index is 0.118. The van der Waals surface area contributed by atoms with Crippen LogP contribution in [0.15, 0.2) is 65.7 Å². The second kappa shape index (κ2) is 5.87. The lowest BCUT2D eigenvalue weighted by Gasteiger charge is -2.41. The first kappa shape index (κ1) is 15.3. The average molecular weight is 371 g/mol. The van der Waals surface area contributed by atoms with Gasteiger partial charge in [-0.1, -0.05) is 42.5 Å². The summed E-state index contributed by atoms with van der Waals surface area (Å²) in [6.45, 7) is 1.39. The molecule has 4 heterocycles. The third-order valence-corrected chi connectivity index (χ3v) is 6.57. The van der Waals surface area contributed by atoms with Crippen molar-refractivity contribution in [3.05, 3.63) is 76.1 Å².